The van der Waals surface area contributed by atoms with Crippen molar-refractivity contribution >= 4 is 0 Å². The Morgan fingerprint density at radius 1 is 1.23 bits per heavy atom. The number of rotatable bonds is 8. The first-order valence-corrected chi connectivity index (χ1v) is 5.53. The van der Waals surface area contributed by atoms with Crippen LogP contribution in [-0.2, 0) is 4.74 Å². The largest absolute Gasteiger partial charge is 0.378 e. The van der Waals surface area contributed by atoms with Crippen molar-refractivity contribution in [1.82, 2.24) is 5.32 Å². The summed E-state index contributed by atoms with van der Waals surface area (Å²) in [5, 5.41) is 3.32. The summed E-state index contributed by atoms with van der Waals surface area (Å²) in [6.45, 7) is 11.7. The van der Waals surface area contributed by atoms with E-state index in [2.05, 4.69) is 33.0 Å². The fourth-order valence-corrected chi connectivity index (χ4v) is 1.27. The van der Waals surface area contributed by atoms with Gasteiger partial charge in [0, 0.05) is 0 Å². The van der Waals surface area contributed by atoms with Crippen LogP contribution >= 0.6 is 0 Å². The molecule has 2 heteroatoms. The summed E-state index contributed by atoms with van der Waals surface area (Å²) < 4.78 is 5.70. The van der Waals surface area contributed by atoms with Gasteiger partial charge in [-0.25, -0.2) is 0 Å². The number of hydrogen-bond donors (Lipinski definition) is 1. The van der Waals surface area contributed by atoms with Crippen molar-refractivity contribution in [3.8, 4) is 0 Å². The second kappa shape index (κ2) is 8.52. The molecule has 0 bridgehead atoms. The predicted molar refractivity (Wildman–Crippen MR) is 58.0 cm³/mol. The van der Waals surface area contributed by atoms with Crippen molar-refractivity contribution in [2.75, 3.05) is 19.7 Å². The first kappa shape index (κ1) is 12.9. The zero-order valence-electron chi connectivity index (χ0n) is 9.60. The Hall–Kier alpha value is -0.0800. The quantitative estimate of drug-likeness (QED) is 0.630. The smallest absolute Gasteiger partial charge is 0.0547 e. The summed E-state index contributed by atoms with van der Waals surface area (Å²) in [6, 6.07) is 0. The summed E-state index contributed by atoms with van der Waals surface area (Å²) >= 11 is 0. The van der Waals surface area contributed by atoms with Crippen molar-refractivity contribution in [3.63, 3.8) is 0 Å². The van der Waals surface area contributed by atoms with Crippen LogP contribution in [0.2, 0.25) is 0 Å². The minimum absolute atomic E-state index is 0.425. The van der Waals surface area contributed by atoms with Crippen molar-refractivity contribution in [2.24, 2.45) is 5.92 Å². The molecule has 0 spiro atoms. The molecule has 0 aliphatic rings. The Morgan fingerprint density at radius 2 is 1.92 bits per heavy atom. The third-order valence-corrected chi connectivity index (χ3v) is 2.10. The number of hydrogen-bond acceptors (Lipinski definition) is 2. The summed E-state index contributed by atoms with van der Waals surface area (Å²) in [6.07, 6.45) is 2.81. The normalized spacial score (nSPS) is 15.7. The molecule has 0 fully saturated rings. The van der Waals surface area contributed by atoms with Crippen LogP contribution in [0.25, 0.3) is 0 Å². The van der Waals surface area contributed by atoms with E-state index in [0.717, 1.165) is 19.7 Å². The fraction of sp³-hybridized carbons (Fsp3) is 1.00. The monoisotopic (exact) mass is 187 g/mol. The minimum atomic E-state index is 0.425. The molecule has 0 heterocycles. The van der Waals surface area contributed by atoms with E-state index in [1.54, 1.807) is 0 Å². The summed E-state index contributed by atoms with van der Waals surface area (Å²) in [7, 11) is 0. The van der Waals surface area contributed by atoms with Gasteiger partial charge in [-0.3, -0.25) is 0 Å². The molecule has 13 heavy (non-hydrogen) atoms. The van der Waals surface area contributed by atoms with E-state index < -0.39 is 0 Å². The van der Waals surface area contributed by atoms with E-state index in [4.69, 9.17) is 4.74 Å². The second-order valence-corrected chi connectivity index (χ2v) is 3.85. The highest BCUT2D eigenvalue weighted by molar-refractivity contribution is 4.56. The Labute approximate surface area is 83.1 Å². The lowest BCUT2D eigenvalue weighted by Crippen LogP contribution is -2.25. The highest BCUT2D eigenvalue weighted by Crippen LogP contribution is 2.03. The van der Waals surface area contributed by atoms with Crippen LogP contribution in [-0.4, -0.2) is 25.8 Å². The number of nitrogens with one attached hydrogen (secondary N) is 1. The summed E-state index contributed by atoms with van der Waals surface area (Å²) in [4.78, 5) is 0. The average Bonchev–Trinajstić information content (AvgIpc) is 2.12. The van der Waals surface area contributed by atoms with Gasteiger partial charge in [0.1, 0.15) is 0 Å². The molecule has 80 valence electrons. The molecule has 0 rings (SSSR count). The third kappa shape index (κ3) is 8.26. The Kier molecular flexibility index (Phi) is 8.46. The van der Waals surface area contributed by atoms with Crippen molar-refractivity contribution in [2.45, 2.75) is 46.6 Å². The van der Waals surface area contributed by atoms with Crippen LogP contribution in [0.3, 0.4) is 0 Å². The van der Waals surface area contributed by atoms with Gasteiger partial charge >= 0.3 is 0 Å². The zero-order valence-corrected chi connectivity index (χ0v) is 9.60. The van der Waals surface area contributed by atoms with E-state index in [1.807, 2.05) is 0 Å². The highest BCUT2D eigenvalue weighted by Gasteiger charge is 2.04. The van der Waals surface area contributed by atoms with Crippen LogP contribution in [0.15, 0.2) is 0 Å². The summed E-state index contributed by atoms with van der Waals surface area (Å²) in [5.74, 6) is 0.624. The molecule has 2 nitrogen and oxygen atoms in total. The molecule has 0 saturated carbocycles. The summed E-state index contributed by atoms with van der Waals surface area (Å²) in [5.41, 5.74) is 0. The molecule has 0 aliphatic carbocycles. The standard InChI is InChI=1S/C11H25NO/c1-5-7-11(4)13-9-10(3)8-12-6-2/h10-12H,5-9H2,1-4H3. The second-order valence-electron chi connectivity index (χ2n) is 3.85. The highest BCUT2D eigenvalue weighted by atomic mass is 16.5. The molecule has 0 aliphatic heterocycles. The van der Waals surface area contributed by atoms with Crippen LogP contribution in [0.5, 0.6) is 0 Å². The SMILES string of the molecule is CCCC(C)OCC(C)CNCC. The van der Waals surface area contributed by atoms with Gasteiger partial charge in [-0.15, -0.1) is 0 Å². The van der Waals surface area contributed by atoms with Crippen LogP contribution in [0.4, 0.5) is 0 Å². The molecule has 0 amide bonds. The maximum absolute atomic E-state index is 5.70. The van der Waals surface area contributed by atoms with Crippen LogP contribution < -0.4 is 5.32 Å². The number of ether oxygens (including phenoxy) is 1. The molecule has 0 aromatic heterocycles. The maximum atomic E-state index is 5.70. The van der Waals surface area contributed by atoms with Gasteiger partial charge in [-0.05, 0) is 32.4 Å². The van der Waals surface area contributed by atoms with Gasteiger partial charge in [0.2, 0.25) is 0 Å². The first-order valence-electron chi connectivity index (χ1n) is 5.53. The average molecular weight is 187 g/mol. The Balaban J connectivity index is 3.29. The lowest BCUT2D eigenvalue weighted by Gasteiger charge is -2.16. The van der Waals surface area contributed by atoms with Gasteiger partial charge in [0.25, 0.3) is 0 Å². The molecule has 2 atom stereocenters. The van der Waals surface area contributed by atoms with Crippen LogP contribution in [0.1, 0.15) is 40.5 Å². The molecular formula is C11H25NO. The van der Waals surface area contributed by atoms with E-state index in [-0.39, 0.29) is 0 Å². The van der Waals surface area contributed by atoms with Crippen molar-refractivity contribution in [1.29, 1.82) is 0 Å². The molecule has 0 radical (unpaired) electrons. The topological polar surface area (TPSA) is 21.3 Å². The third-order valence-electron chi connectivity index (χ3n) is 2.10. The minimum Gasteiger partial charge on any atom is -0.378 e. The van der Waals surface area contributed by atoms with Gasteiger partial charge in [0.05, 0.1) is 12.7 Å². The van der Waals surface area contributed by atoms with E-state index in [0.29, 0.717) is 12.0 Å². The maximum Gasteiger partial charge on any atom is 0.0547 e. The first-order chi connectivity index (χ1) is 6.20. The van der Waals surface area contributed by atoms with Gasteiger partial charge in [-0.1, -0.05) is 27.2 Å². The zero-order chi connectivity index (χ0) is 10.1. The Bertz CT molecular complexity index is 106. The fourth-order valence-electron chi connectivity index (χ4n) is 1.27. The van der Waals surface area contributed by atoms with Gasteiger partial charge in [-0.2, -0.15) is 0 Å². The molecule has 0 aromatic rings. The van der Waals surface area contributed by atoms with E-state index >= 15 is 0 Å². The molecule has 2 unspecified atom stereocenters. The lowest BCUT2D eigenvalue weighted by molar-refractivity contribution is 0.0387. The van der Waals surface area contributed by atoms with Crippen molar-refractivity contribution < 1.29 is 4.74 Å². The molecular weight excluding hydrogens is 162 g/mol. The Morgan fingerprint density at radius 3 is 2.46 bits per heavy atom. The molecule has 0 aromatic carbocycles. The predicted octanol–water partition coefficient (Wildman–Crippen LogP) is 2.44. The van der Waals surface area contributed by atoms with Gasteiger partial charge in [0.15, 0.2) is 0 Å². The lowest BCUT2D eigenvalue weighted by atomic mass is 10.2. The van der Waals surface area contributed by atoms with E-state index in [1.165, 1.54) is 12.8 Å². The van der Waals surface area contributed by atoms with Gasteiger partial charge < -0.3 is 10.1 Å². The van der Waals surface area contributed by atoms with Crippen LogP contribution in [0, 0.1) is 5.92 Å². The molecule has 1 N–H and O–H groups in total. The van der Waals surface area contributed by atoms with E-state index in [9.17, 15) is 0 Å². The van der Waals surface area contributed by atoms with Crippen molar-refractivity contribution in [3.05, 3.63) is 0 Å². The molecule has 0 saturated heterocycles.